The van der Waals surface area contributed by atoms with Crippen LogP contribution in [0.1, 0.15) is 18.4 Å². The molecule has 3 N–H and O–H groups in total. The van der Waals surface area contributed by atoms with Crippen LogP contribution in [-0.4, -0.2) is 50.7 Å². The predicted octanol–water partition coefficient (Wildman–Crippen LogP) is -0.123. The molecule has 0 aliphatic carbocycles. The van der Waals surface area contributed by atoms with Crippen molar-refractivity contribution in [3.63, 3.8) is 0 Å². The summed E-state index contributed by atoms with van der Waals surface area (Å²) in [5.74, 6) is -0.158. The van der Waals surface area contributed by atoms with Crippen LogP contribution in [0.15, 0.2) is 30.3 Å². The minimum absolute atomic E-state index is 0.0839. The van der Waals surface area contributed by atoms with Gasteiger partial charge < -0.3 is 10.6 Å². The van der Waals surface area contributed by atoms with E-state index >= 15 is 0 Å². The molecule has 21 heavy (non-hydrogen) atoms. The second kappa shape index (κ2) is 6.13. The van der Waals surface area contributed by atoms with E-state index in [-0.39, 0.29) is 17.9 Å². The smallest absolute Gasteiger partial charge is 0.240 e. The van der Waals surface area contributed by atoms with Crippen molar-refractivity contribution in [1.82, 2.24) is 9.62 Å². The van der Waals surface area contributed by atoms with Gasteiger partial charge in [0, 0.05) is 25.0 Å². The number of sulfonamides is 1. The van der Waals surface area contributed by atoms with Gasteiger partial charge in [-0.25, -0.2) is 13.1 Å². The molecule has 1 heterocycles. The fourth-order valence-electron chi connectivity index (χ4n) is 2.71. The zero-order valence-electron chi connectivity index (χ0n) is 12.2. The Hall–Kier alpha value is -1.44. The van der Waals surface area contributed by atoms with Crippen molar-refractivity contribution in [3.05, 3.63) is 35.9 Å². The van der Waals surface area contributed by atoms with Crippen LogP contribution in [0.25, 0.3) is 0 Å². The van der Waals surface area contributed by atoms with Gasteiger partial charge in [-0.15, -0.1) is 0 Å². The van der Waals surface area contributed by atoms with Gasteiger partial charge in [-0.3, -0.25) is 4.79 Å². The van der Waals surface area contributed by atoms with Gasteiger partial charge >= 0.3 is 0 Å². The molecule has 1 unspecified atom stereocenters. The summed E-state index contributed by atoms with van der Waals surface area (Å²) in [6.45, 7) is 2.50. The van der Waals surface area contributed by atoms with Gasteiger partial charge in [-0.2, -0.15) is 0 Å². The van der Waals surface area contributed by atoms with Crippen molar-refractivity contribution in [1.29, 1.82) is 0 Å². The normalized spacial score (nSPS) is 24.0. The third-order valence-electron chi connectivity index (χ3n) is 3.67. The zero-order chi connectivity index (χ0) is 15.6. The molecule has 1 fully saturated rings. The van der Waals surface area contributed by atoms with E-state index in [1.807, 2.05) is 30.3 Å². The number of nitrogens with one attached hydrogen (secondary N) is 1. The van der Waals surface area contributed by atoms with Gasteiger partial charge in [0.2, 0.25) is 15.9 Å². The summed E-state index contributed by atoms with van der Waals surface area (Å²) in [5.41, 5.74) is 7.23. The third kappa shape index (κ3) is 4.03. The lowest BCUT2D eigenvalue weighted by Gasteiger charge is -2.21. The fourth-order valence-corrected chi connectivity index (χ4v) is 3.45. The summed E-state index contributed by atoms with van der Waals surface area (Å²) in [6.07, 6.45) is 1.04. The highest BCUT2D eigenvalue weighted by Gasteiger charge is 2.35. The highest BCUT2D eigenvalue weighted by Crippen LogP contribution is 2.26. The van der Waals surface area contributed by atoms with Gasteiger partial charge in [0.25, 0.3) is 0 Å². The second-order valence-electron chi connectivity index (χ2n) is 5.54. The number of nitrogens with two attached hydrogens (primary N) is 1. The molecule has 1 aromatic rings. The Morgan fingerprint density at radius 3 is 2.52 bits per heavy atom. The van der Waals surface area contributed by atoms with Crippen molar-refractivity contribution >= 4 is 15.9 Å². The van der Waals surface area contributed by atoms with Gasteiger partial charge in [0.1, 0.15) is 0 Å². The predicted molar refractivity (Wildman–Crippen MR) is 81.2 cm³/mol. The summed E-state index contributed by atoms with van der Waals surface area (Å²) in [7, 11) is -3.41. The molecule has 116 valence electrons. The SMILES string of the molecule is CC(NS(C)(=O)=O)C(=O)N1C[C@@H](N)[C@H](c2ccccc2)C1. The Bertz CT molecular complexity index is 603. The number of nitrogens with zero attached hydrogens (tertiary/aromatic N) is 1. The van der Waals surface area contributed by atoms with E-state index in [2.05, 4.69) is 4.72 Å². The number of amides is 1. The lowest BCUT2D eigenvalue weighted by atomic mass is 9.95. The topological polar surface area (TPSA) is 92.5 Å². The van der Waals surface area contributed by atoms with Crippen LogP contribution in [0.4, 0.5) is 0 Å². The molecule has 0 bridgehead atoms. The van der Waals surface area contributed by atoms with E-state index < -0.39 is 16.1 Å². The minimum atomic E-state index is -3.41. The molecular weight excluding hydrogens is 290 g/mol. The van der Waals surface area contributed by atoms with Gasteiger partial charge in [-0.1, -0.05) is 30.3 Å². The summed E-state index contributed by atoms with van der Waals surface area (Å²) < 4.78 is 24.7. The summed E-state index contributed by atoms with van der Waals surface area (Å²) in [4.78, 5) is 13.9. The van der Waals surface area contributed by atoms with Crippen LogP contribution in [0.5, 0.6) is 0 Å². The number of likely N-dealkylation sites (tertiary alicyclic amines) is 1. The monoisotopic (exact) mass is 311 g/mol. The molecule has 1 aromatic carbocycles. The van der Waals surface area contributed by atoms with Gasteiger partial charge in [-0.05, 0) is 12.5 Å². The number of carbonyl (C=O) groups excluding carboxylic acids is 1. The van der Waals surface area contributed by atoms with Crippen molar-refractivity contribution in [2.75, 3.05) is 19.3 Å². The highest BCUT2D eigenvalue weighted by molar-refractivity contribution is 7.88. The fraction of sp³-hybridized carbons (Fsp3) is 0.500. The van der Waals surface area contributed by atoms with Crippen LogP contribution in [0.2, 0.25) is 0 Å². The van der Waals surface area contributed by atoms with Gasteiger partial charge in [0.05, 0.1) is 12.3 Å². The summed E-state index contributed by atoms with van der Waals surface area (Å²) in [6, 6.07) is 8.91. The quantitative estimate of drug-likeness (QED) is 0.810. The van der Waals surface area contributed by atoms with Gasteiger partial charge in [0.15, 0.2) is 0 Å². The molecule has 7 heteroatoms. The Morgan fingerprint density at radius 1 is 1.33 bits per heavy atom. The van der Waals surface area contributed by atoms with Crippen molar-refractivity contribution < 1.29 is 13.2 Å². The molecule has 6 nitrogen and oxygen atoms in total. The molecule has 0 spiro atoms. The number of hydrogen-bond donors (Lipinski definition) is 2. The number of benzene rings is 1. The van der Waals surface area contributed by atoms with E-state index in [9.17, 15) is 13.2 Å². The van der Waals surface area contributed by atoms with Crippen molar-refractivity contribution in [2.45, 2.75) is 24.9 Å². The maximum atomic E-state index is 12.3. The first kappa shape index (κ1) is 15.9. The second-order valence-corrected chi connectivity index (χ2v) is 7.32. The first-order valence-electron chi connectivity index (χ1n) is 6.84. The number of hydrogen-bond acceptors (Lipinski definition) is 4. The molecule has 0 saturated carbocycles. The van der Waals surface area contributed by atoms with Crippen LogP contribution in [0, 0.1) is 0 Å². The van der Waals surface area contributed by atoms with Crippen LogP contribution < -0.4 is 10.5 Å². The Labute approximate surface area is 125 Å². The average molecular weight is 311 g/mol. The lowest BCUT2D eigenvalue weighted by molar-refractivity contribution is -0.131. The van der Waals surface area contributed by atoms with Crippen molar-refractivity contribution in [3.8, 4) is 0 Å². The highest BCUT2D eigenvalue weighted by atomic mass is 32.2. The molecular formula is C14H21N3O3S. The molecule has 2 rings (SSSR count). The van der Waals surface area contributed by atoms with E-state index in [1.165, 1.54) is 0 Å². The molecule has 0 radical (unpaired) electrons. The first-order valence-corrected chi connectivity index (χ1v) is 8.73. The standard InChI is InChI=1S/C14H21N3O3S/c1-10(16-21(2,19)20)14(18)17-8-12(13(15)9-17)11-6-4-3-5-7-11/h3-7,10,12-13,16H,8-9,15H2,1-2H3/t10?,12-,13+/m0/s1. The first-order chi connectivity index (χ1) is 9.78. The van der Waals surface area contributed by atoms with E-state index in [0.29, 0.717) is 13.1 Å². The average Bonchev–Trinajstić information content (AvgIpc) is 2.79. The van der Waals surface area contributed by atoms with Crippen LogP contribution in [0.3, 0.4) is 0 Å². The Kier molecular flexibility index (Phi) is 4.65. The lowest BCUT2D eigenvalue weighted by Crippen LogP contribution is -2.46. The molecule has 1 amide bonds. The van der Waals surface area contributed by atoms with E-state index in [1.54, 1.807) is 11.8 Å². The maximum absolute atomic E-state index is 12.3. The molecule has 1 aliphatic heterocycles. The van der Waals surface area contributed by atoms with Crippen LogP contribution >= 0.6 is 0 Å². The number of rotatable bonds is 4. The molecule has 1 saturated heterocycles. The maximum Gasteiger partial charge on any atom is 0.240 e. The molecule has 3 atom stereocenters. The van der Waals surface area contributed by atoms with Crippen molar-refractivity contribution in [2.24, 2.45) is 5.73 Å². The van der Waals surface area contributed by atoms with E-state index in [0.717, 1.165) is 11.8 Å². The Morgan fingerprint density at radius 2 is 1.95 bits per heavy atom. The van der Waals surface area contributed by atoms with E-state index in [4.69, 9.17) is 5.73 Å². The number of carbonyl (C=O) groups is 1. The molecule has 0 aromatic heterocycles. The summed E-state index contributed by atoms with van der Waals surface area (Å²) in [5, 5.41) is 0. The summed E-state index contributed by atoms with van der Waals surface area (Å²) >= 11 is 0. The van der Waals surface area contributed by atoms with Crippen LogP contribution in [-0.2, 0) is 14.8 Å². The Balaban J connectivity index is 2.05. The largest absolute Gasteiger partial charge is 0.339 e. The zero-order valence-corrected chi connectivity index (χ0v) is 13.0. The minimum Gasteiger partial charge on any atom is -0.339 e. The third-order valence-corrected chi connectivity index (χ3v) is 4.45. The molecule has 1 aliphatic rings.